The molecule has 0 bridgehead atoms. The van der Waals surface area contributed by atoms with Crippen LogP contribution < -0.4 is 10.3 Å². The SMILES string of the molecule is COc1ccc(C=Nn2c(-c3cccc(C(F)(F)F)c3)nc3ccccc3c2=O)c(C)c1. The number of ether oxygens (including phenoxy) is 1. The van der Waals surface area contributed by atoms with Gasteiger partial charge in [-0.05, 0) is 60.5 Å². The Balaban J connectivity index is 1.92. The molecule has 8 heteroatoms. The zero-order chi connectivity index (χ0) is 22.9. The number of nitrogens with zero attached hydrogens (tertiary/aromatic N) is 3. The number of benzene rings is 3. The summed E-state index contributed by atoms with van der Waals surface area (Å²) in [6.45, 7) is 1.86. The molecule has 0 saturated carbocycles. The van der Waals surface area contributed by atoms with Gasteiger partial charge in [-0.1, -0.05) is 24.3 Å². The fourth-order valence-corrected chi connectivity index (χ4v) is 3.29. The Hall–Kier alpha value is -3.94. The van der Waals surface area contributed by atoms with Gasteiger partial charge in [0.25, 0.3) is 5.56 Å². The van der Waals surface area contributed by atoms with Crippen LogP contribution >= 0.6 is 0 Å². The van der Waals surface area contributed by atoms with Crippen molar-refractivity contribution in [2.45, 2.75) is 13.1 Å². The van der Waals surface area contributed by atoms with Crippen molar-refractivity contribution >= 4 is 17.1 Å². The van der Waals surface area contributed by atoms with Gasteiger partial charge in [-0.2, -0.15) is 22.9 Å². The van der Waals surface area contributed by atoms with Crippen LogP contribution in [0.25, 0.3) is 22.3 Å². The van der Waals surface area contributed by atoms with Gasteiger partial charge in [-0.25, -0.2) is 4.98 Å². The first-order chi connectivity index (χ1) is 15.3. The Morgan fingerprint density at radius 2 is 1.81 bits per heavy atom. The summed E-state index contributed by atoms with van der Waals surface area (Å²) in [7, 11) is 1.56. The average Bonchev–Trinajstić information content (AvgIpc) is 2.78. The van der Waals surface area contributed by atoms with Crippen LogP contribution in [0.2, 0.25) is 0 Å². The van der Waals surface area contributed by atoms with E-state index in [-0.39, 0.29) is 11.4 Å². The molecule has 4 aromatic rings. The van der Waals surface area contributed by atoms with Gasteiger partial charge in [0.15, 0.2) is 5.82 Å². The van der Waals surface area contributed by atoms with Gasteiger partial charge in [-0.15, -0.1) is 0 Å². The molecule has 1 aromatic heterocycles. The van der Waals surface area contributed by atoms with Crippen molar-refractivity contribution in [2.24, 2.45) is 5.10 Å². The number of alkyl halides is 3. The number of methoxy groups -OCH3 is 1. The maximum absolute atomic E-state index is 13.3. The van der Waals surface area contributed by atoms with E-state index in [0.717, 1.165) is 27.9 Å². The molecule has 1 heterocycles. The van der Waals surface area contributed by atoms with Gasteiger partial charge in [0.05, 0.1) is 29.8 Å². The molecule has 0 unspecified atom stereocenters. The van der Waals surface area contributed by atoms with Crippen LogP contribution in [-0.2, 0) is 6.18 Å². The molecule has 4 rings (SSSR count). The molecular formula is C24H18F3N3O2. The lowest BCUT2D eigenvalue weighted by molar-refractivity contribution is -0.137. The Morgan fingerprint density at radius 3 is 2.53 bits per heavy atom. The summed E-state index contributed by atoms with van der Waals surface area (Å²) < 4.78 is 46.0. The van der Waals surface area contributed by atoms with Crippen LogP contribution in [0.1, 0.15) is 16.7 Å². The number of halogens is 3. The summed E-state index contributed by atoms with van der Waals surface area (Å²) in [5.41, 5.74) is 0.768. The van der Waals surface area contributed by atoms with Crippen molar-refractivity contribution in [3.05, 3.63) is 93.8 Å². The van der Waals surface area contributed by atoms with E-state index in [2.05, 4.69) is 10.1 Å². The van der Waals surface area contributed by atoms with E-state index in [1.807, 2.05) is 13.0 Å². The highest BCUT2D eigenvalue weighted by atomic mass is 19.4. The molecule has 0 spiro atoms. The third-order valence-corrected chi connectivity index (χ3v) is 4.99. The van der Waals surface area contributed by atoms with Crippen molar-refractivity contribution in [2.75, 3.05) is 7.11 Å². The Bertz CT molecular complexity index is 1390. The molecular weight excluding hydrogens is 419 g/mol. The second kappa shape index (κ2) is 8.30. The number of hydrogen-bond acceptors (Lipinski definition) is 4. The minimum Gasteiger partial charge on any atom is -0.497 e. The first-order valence-electron chi connectivity index (χ1n) is 9.66. The lowest BCUT2D eigenvalue weighted by atomic mass is 10.1. The van der Waals surface area contributed by atoms with Crippen molar-refractivity contribution in [1.82, 2.24) is 9.66 Å². The minimum absolute atomic E-state index is 0.0159. The molecule has 0 saturated heterocycles. The second-order valence-corrected chi connectivity index (χ2v) is 7.12. The number of aromatic nitrogens is 2. The highest BCUT2D eigenvalue weighted by molar-refractivity contribution is 5.83. The molecule has 5 nitrogen and oxygen atoms in total. The van der Waals surface area contributed by atoms with Gasteiger partial charge < -0.3 is 4.74 Å². The molecule has 3 aromatic carbocycles. The van der Waals surface area contributed by atoms with Crippen LogP contribution in [0.5, 0.6) is 5.75 Å². The largest absolute Gasteiger partial charge is 0.497 e. The number of para-hydroxylation sites is 1. The number of hydrogen-bond donors (Lipinski definition) is 0. The molecule has 0 aliphatic carbocycles. The molecule has 0 aliphatic heterocycles. The lowest BCUT2D eigenvalue weighted by Gasteiger charge is -2.12. The fourth-order valence-electron chi connectivity index (χ4n) is 3.29. The van der Waals surface area contributed by atoms with Crippen LogP contribution in [0.15, 0.2) is 76.6 Å². The lowest BCUT2D eigenvalue weighted by Crippen LogP contribution is -2.20. The molecule has 162 valence electrons. The van der Waals surface area contributed by atoms with E-state index < -0.39 is 17.3 Å². The third-order valence-electron chi connectivity index (χ3n) is 4.99. The predicted octanol–water partition coefficient (Wildman–Crippen LogP) is 5.28. The van der Waals surface area contributed by atoms with E-state index in [0.29, 0.717) is 16.7 Å². The third kappa shape index (κ3) is 4.12. The van der Waals surface area contributed by atoms with Crippen LogP contribution in [-0.4, -0.2) is 23.0 Å². The zero-order valence-electron chi connectivity index (χ0n) is 17.2. The molecule has 32 heavy (non-hydrogen) atoms. The topological polar surface area (TPSA) is 56.5 Å². The number of fused-ring (bicyclic) bond motifs is 1. The molecule has 0 aliphatic rings. The monoisotopic (exact) mass is 437 g/mol. The smallest absolute Gasteiger partial charge is 0.416 e. The second-order valence-electron chi connectivity index (χ2n) is 7.12. The quantitative estimate of drug-likeness (QED) is 0.408. The van der Waals surface area contributed by atoms with E-state index in [1.54, 1.807) is 43.5 Å². The normalized spacial score (nSPS) is 11.9. The van der Waals surface area contributed by atoms with Crippen LogP contribution in [0.3, 0.4) is 0 Å². The van der Waals surface area contributed by atoms with E-state index >= 15 is 0 Å². The minimum atomic E-state index is -4.53. The molecule has 0 atom stereocenters. The maximum atomic E-state index is 13.3. The summed E-state index contributed by atoms with van der Waals surface area (Å²) in [6, 6.07) is 16.7. The molecule has 0 radical (unpaired) electrons. The maximum Gasteiger partial charge on any atom is 0.416 e. The van der Waals surface area contributed by atoms with Crippen LogP contribution in [0, 0.1) is 6.92 Å². The van der Waals surface area contributed by atoms with Crippen molar-refractivity contribution in [1.29, 1.82) is 0 Å². The standard InChI is InChI=1S/C24H18F3N3O2/c1-15-12-19(32-2)11-10-17(15)14-28-30-22(16-6-5-7-18(13-16)24(25,26)27)29-21-9-4-3-8-20(21)23(30)31/h3-14H,1-2H3. The Morgan fingerprint density at radius 1 is 1.03 bits per heavy atom. The molecule has 0 fully saturated rings. The van der Waals surface area contributed by atoms with Gasteiger partial charge >= 0.3 is 6.18 Å². The van der Waals surface area contributed by atoms with E-state index in [1.165, 1.54) is 18.3 Å². The summed E-state index contributed by atoms with van der Waals surface area (Å²) >= 11 is 0. The van der Waals surface area contributed by atoms with Crippen molar-refractivity contribution in [3.8, 4) is 17.1 Å². The van der Waals surface area contributed by atoms with E-state index in [4.69, 9.17) is 4.74 Å². The summed E-state index contributed by atoms with van der Waals surface area (Å²) in [5.74, 6) is 0.691. The number of rotatable bonds is 4. The predicted molar refractivity (Wildman–Crippen MR) is 117 cm³/mol. The highest BCUT2D eigenvalue weighted by Crippen LogP contribution is 2.32. The summed E-state index contributed by atoms with van der Waals surface area (Å²) in [6.07, 6.45) is -3.05. The summed E-state index contributed by atoms with van der Waals surface area (Å²) in [5, 5.41) is 4.62. The Labute approximate surface area is 181 Å². The van der Waals surface area contributed by atoms with Gasteiger partial charge in [0.1, 0.15) is 5.75 Å². The van der Waals surface area contributed by atoms with Crippen LogP contribution in [0.4, 0.5) is 13.2 Å². The summed E-state index contributed by atoms with van der Waals surface area (Å²) in [4.78, 5) is 17.6. The molecule has 0 amide bonds. The van der Waals surface area contributed by atoms with Gasteiger partial charge in [-0.3, -0.25) is 4.79 Å². The highest BCUT2D eigenvalue weighted by Gasteiger charge is 2.30. The zero-order valence-corrected chi connectivity index (χ0v) is 17.2. The fraction of sp³-hybridized carbons (Fsp3) is 0.125. The first kappa shape index (κ1) is 21.3. The average molecular weight is 437 g/mol. The van der Waals surface area contributed by atoms with E-state index in [9.17, 15) is 18.0 Å². The Kier molecular flexibility index (Phi) is 5.52. The molecule has 0 N–H and O–H groups in total. The van der Waals surface area contributed by atoms with Crippen molar-refractivity contribution in [3.63, 3.8) is 0 Å². The first-order valence-corrected chi connectivity index (χ1v) is 9.66. The van der Waals surface area contributed by atoms with Gasteiger partial charge in [0.2, 0.25) is 0 Å². The van der Waals surface area contributed by atoms with Gasteiger partial charge in [0, 0.05) is 5.56 Å². The number of aryl methyl sites for hydroxylation is 1. The van der Waals surface area contributed by atoms with Crippen molar-refractivity contribution < 1.29 is 17.9 Å².